The number of aromatic hydroxyl groups is 2. The Kier molecular flexibility index (Phi) is 6.20. The van der Waals surface area contributed by atoms with Gasteiger partial charge in [0.25, 0.3) is 0 Å². The quantitative estimate of drug-likeness (QED) is 0.588. The third-order valence-electron chi connectivity index (χ3n) is 5.51. The molecular weight excluding hydrogens is 334 g/mol. The van der Waals surface area contributed by atoms with Crippen LogP contribution in [0.4, 0.5) is 5.69 Å². The Bertz CT molecular complexity index is 800. The molecule has 3 rings (SSSR count). The molecule has 3 nitrogen and oxygen atoms in total. The summed E-state index contributed by atoms with van der Waals surface area (Å²) in [5, 5.41) is 21.0. The zero-order valence-electron chi connectivity index (χ0n) is 16.7. The number of hydrogen-bond acceptors (Lipinski definition) is 3. The van der Waals surface area contributed by atoms with Crippen LogP contribution in [0.2, 0.25) is 0 Å². The SMILES string of the molecule is CC(C)CCCC(C)CCc1c(O)cc(C2=Nc3ccccc3C2)cc1O. The maximum absolute atomic E-state index is 10.5. The molecular formula is C24H31NO2. The van der Waals surface area contributed by atoms with Crippen LogP contribution in [0.25, 0.3) is 0 Å². The third-order valence-corrected chi connectivity index (χ3v) is 5.51. The van der Waals surface area contributed by atoms with Crippen LogP contribution in [0, 0.1) is 11.8 Å². The summed E-state index contributed by atoms with van der Waals surface area (Å²) in [6, 6.07) is 11.6. The Labute approximate surface area is 162 Å². The molecule has 0 amide bonds. The number of fused-ring (bicyclic) bond motifs is 1. The van der Waals surface area contributed by atoms with Crippen molar-refractivity contribution in [2.24, 2.45) is 16.8 Å². The topological polar surface area (TPSA) is 52.8 Å². The van der Waals surface area contributed by atoms with E-state index in [1.807, 2.05) is 18.2 Å². The molecule has 0 fully saturated rings. The lowest BCUT2D eigenvalue weighted by atomic mass is 9.93. The van der Waals surface area contributed by atoms with Crippen LogP contribution < -0.4 is 0 Å². The summed E-state index contributed by atoms with van der Waals surface area (Å²) < 4.78 is 0. The van der Waals surface area contributed by atoms with E-state index >= 15 is 0 Å². The molecule has 1 aliphatic heterocycles. The van der Waals surface area contributed by atoms with Gasteiger partial charge in [0, 0.05) is 17.5 Å². The number of phenols is 2. The number of rotatable bonds is 8. The molecule has 2 aromatic rings. The van der Waals surface area contributed by atoms with E-state index in [4.69, 9.17) is 0 Å². The summed E-state index contributed by atoms with van der Waals surface area (Å²) in [7, 11) is 0. The number of para-hydroxylation sites is 1. The molecule has 144 valence electrons. The molecule has 0 aromatic heterocycles. The molecule has 0 bridgehead atoms. The summed E-state index contributed by atoms with van der Waals surface area (Å²) >= 11 is 0. The van der Waals surface area contributed by atoms with Gasteiger partial charge in [-0.1, -0.05) is 58.2 Å². The van der Waals surface area contributed by atoms with Crippen LogP contribution >= 0.6 is 0 Å². The monoisotopic (exact) mass is 365 g/mol. The molecule has 2 N–H and O–H groups in total. The fourth-order valence-corrected chi connectivity index (χ4v) is 3.78. The van der Waals surface area contributed by atoms with Gasteiger partial charge in [-0.2, -0.15) is 0 Å². The molecule has 0 aliphatic carbocycles. The summed E-state index contributed by atoms with van der Waals surface area (Å²) in [6.45, 7) is 6.78. The zero-order chi connectivity index (χ0) is 19.4. The number of aliphatic imine (C=N–C) groups is 1. The Hall–Kier alpha value is -2.29. The van der Waals surface area contributed by atoms with E-state index in [2.05, 4.69) is 31.8 Å². The number of nitrogens with zero attached hydrogens (tertiary/aromatic N) is 1. The lowest BCUT2D eigenvalue weighted by molar-refractivity contribution is 0.414. The molecule has 27 heavy (non-hydrogen) atoms. The summed E-state index contributed by atoms with van der Waals surface area (Å²) in [6.07, 6.45) is 6.13. The highest BCUT2D eigenvalue weighted by molar-refractivity contribution is 6.07. The van der Waals surface area contributed by atoms with E-state index < -0.39 is 0 Å². The second-order valence-electron chi connectivity index (χ2n) is 8.33. The lowest BCUT2D eigenvalue weighted by Crippen LogP contribution is -2.03. The summed E-state index contributed by atoms with van der Waals surface area (Å²) in [5.41, 5.74) is 4.52. The van der Waals surface area contributed by atoms with Crippen LogP contribution in [0.1, 0.15) is 63.1 Å². The van der Waals surface area contributed by atoms with Gasteiger partial charge in [-0.15, -0.1) is 0 Å². The van der Waals surface area contributed by atoms with Gasteiger partial charge in [0.05, 0.1) is 11.4 Å². The summed E-state index contributed by atoms with van der Waals surface area (Å²) in [4.78, 5) is 4.65. The minimum absolute atomic E-state index is 0.179. The molecule has 2 aromatic carbocycles. The van der Waals surface area contributed by atoms with Gasteiger partial charge in [-0.3, -0.25) is 4.99 Å². The fourth-order valence-electron chi connectivity index (χ4n) is 3.78. The highest BCUT2D eigenvalue weighted by Gasteiger charge is 2.19. The van der Waals surface area contributed by atoms with Gasteiger partial charge in [0.2, 0.25) is 0 Å². The Balaban J connectivity index is 1.64. The highest BCUT2D eigenvalue weighted by atomic mass is 16.3. The average Bonchev–Trinajstić information content (AvgIpc) is 3.04. The predicted octanol–water partition coefficient (Wildman–Crippen LogP) is 6.17. The normalized spacial score (nSPS) is 14.3. The minimum Gasteiger partial charge on any atom is -0.508 e. The zero-order valence-corrected chi connectivity index (χ0v) is 16.7. The Morgan fingerprint density at radius 1 is 0.963 bits per heavy atom. The maximum Gasteiger partial charge on any atom is 0.123 e. The number of phenolic OH excluding ortho intramolecular Hbond substituents is 2. The van der Waals surface area contributed by atoms with Crippen LogP contribution in [-0.2, 0) is 12.8 Å². The van der Waals surface area contributed by atoms with Crippen molar-refractivity contribution < 1.29 is 10.2 Å². The fraction of sp³-hybridized carbons (Fsp3) is 0.458. The Morgan fingerprint density at radius 2 is 1.67 bits per heavy atom. The van der Waals surface area contributed by atoms with Crippen molar-refractivity contribution in [1.29, 1.82) is 0 Å². The molecule has 0 saturated heterocycles. The summed E-state index contributed by atoms with van der Waals surface area (Å²) in [5.74, 6) is 1.70. The van der Waals surface area contributed by atoms with E-state index in [1.165, 1.54) is 24.8 Å². The molecule has 1 unspecified atom stereocenters. The van der Waals surface area contributed by atoms with Gasteiger partial charge in [-0.05, 0) is 48.4 Å². The second-order valence-corrected chi connectivity index (χ2v) is 8.33. The van der Waals surface area contributed by atoms with Crippen molar-refractivity contribution in [1.82, 2.24) is 0 Å². The molecule has 3 heteroatoms. The van der Waals surface area contributed by atoms with Crippen molar-refractivity contribution in [2.75, 3.05) is 0 Å². The van der Waals surface area contributed by atoms with Crippen molar-refractivity contribution in [3.63, 3.8) is 0 Å². The van der Waals surface area contributed by atoms with E-state index in [0.29, 0.717) is 17.9 Å². The first-order valence-electron chi connectivity index (χ1n) is 10.1. The molecule has 1 heterocycles. The van der Waals surface area contributed by atoms with Crippen molar-refractivity contribution in [3.8, 4) is 11.5 Å². The Morgan fingerprint density at radius 3 is 2.33 bits per heavy atom. The van der Waals surface area contributed by atoms with Gasteiger partial charge < -0.3 is 10.2 Å². The van der Waals surface area contributed by atoms with E-state index in [0.717, 1.165) is 35.7 Å². The van der Waals surface area contributed by atoms with Crippen LogP contribution in [0.3, 0.4) is 0 Å². The number of hydrogen-bond donors (Lipinski definition) is 2. The van der Waals surface area contributed by atoms with Crippen molar-refractivity contribution in [3.05, 3.63) is 53.1 Å². The molecule has 1 atom stereocenters. The predicted molar refractivity (Wildman–Crippen MR) is 112 cm³/mol. The van der Waals surface area contributed by atoms with E-state index in [-0.39, 0.29) is 11.5 Å². The average molecular weight is 366 g/mol. The third kappa shape index (κ3) is 4.91. The van der Waals surface area contributed by atoms with Gasteiger partial charge in [-0.25, -0.2) is 0 Å². The van der Waals surface area contributed by atoms with Crippen LogP contribution in [0.5, 0.6) is 11.5 Å². The van der Waals surface area contributed by atoms with Gasteiger partial charge >= 0.3 is 0 Å². The largest absolute Gasteiger partial charge is 0.508 e. The minimum atomic E-state index is 0.179. The lowest BCUT2D eigenvalue weighted by Gasteiger charge is -2.14. The molecule has 0 spiro atoms. The van der Waals surface area contributed by atoms with Gasteiger partial charge in [0.15, 0.2) is 0 Å². The molecule has 0 saturated carbocycles. The van der Waals surface area contributed by atoms with E-state index in [1.54, 1.807) is 12.1 Å². The molecule has 1 aliphatic rings. The smallest absolute Gasteiger partial charge is 0.123 e. The standard InChI is InChI=1S/C24H31NO2/c1-16(2)7-6-8-17(3)11-12-20-23(26)14-19(15-24(20)27)22-13-18-9-4-5-10-21(18)25-22/h4-5,9-10,14-17,26-27H,6-8,11-13H2,1-3H3. The van der Waals surface area contributed by atoms with E-state index in [9.17, 15) is 10.2 Å². The maximum atomic E-state index is 10.5. The first kappa shape index (κ1) is 19.5. The first-order valence-corrected chi connectivity index (χ1v) is 10.1. The van der Waals surface area contributed by atoms with Crippen molar-refractivity contribution in [2.45, 2.75) is 59.3 Å². The van der Waals surface area contributed by atoms with Gasteiger partial charge in [0.1, 0.15) is 11.5 Å². The first-order chi connectivity index (χ1) is 12.9. The van der Waals surface area contributed by atoms with Crippen LogP contribution in [-0.4, -0.2) is 15.9 Å². The van der Waals surface area contributed by atoms with Crippen LogP contribution in [0.15, 0.2) is 41.4 Å². The highest BCUT2D eigenvalue weighted by Crippen LogP contribution is 2.35. The van der Waals surface area contributed by atoms with Crippen molar-refractivity contribution >= 4 is 11.4 Å². The second kappa shape index (κ2) is 8.60. The molecule has 0 radical (unpaired) electrons. The number of benzene rings is 2.